The maximum Gasteiger partial charge on any atom is 0.264 e. The first-order valence-corrected chi connectivity index (χ1v) is 22.9. The molecule has 0 spiro atoms. The second-order valence-electron chi connectivity index (χ2n) is 17.4. The molecule has 15 nitrogen and oxygen atoms in total. The number of fused-ring (bicyclic) bond motifs is 3. The second kappa shape index (κ2) is 17.9. The average molecular weight is 902 g/mol. The minimum absolute atomic E-state index is 0.105. The highest BCUT2D eigenvalue weighted by Crippen LogP contribution is 2.48. The number of imidazole rings is 1. The van der Waals surface area contributed by atoms with Crippen molar-refractivity contribution in [3.05, 3.63) is 102 Å². The van der Waals surface area contributed by atoms with Gasteiger partial charge in [-0.25, -0.2) is 13.8 Å². The fourth-order valence-electron chi connectivity index (χ4n) is 10.3. The average Bonchev–Trinajstić information content (AvgIpc) is 4.02. The zero-order valence-corrected chi connectivity index (χ0v) is 36.9. The zero-order valence-electron chi connectivity index (χ0n) is 36.9. The number of anilines is 3. The molecule has 0 aliphatic carbocycles. The molecule has 5 aliphatic heterocycles. The molecule has 2 N–H and O–H groups in total. The minimum Gasteiger partial charge on any atom is -0.490 e. The Kier molecular flexibility index (Phi) is 11.7. The largest absolute Gasteiger partial charge is 0.490 e. The predicted molar refractivity (Wildman–Crippen MR) is 244 cm³/mol. The number of rotatable bonds is 13. The van der Waals surface area contributed by atoms with Gasteiger partial charge in [0.25, 0.3) is 12.3 Å². The van der Waals surface area contributed by atoms with Crippen molar-refractivity contribution in [3.63, 3.8) is 0 Å². The standard InChI is InChI=1S/C49H53F2N9O6/c1-4-34-41(9-14-52-28-61)60(31-12-20-64-21-13-31)55-48(34)58-19-22-65-43-25-37(39(47(50)51)24-42(43)58)38-26-45-53-15-18-57(45)27-44(38)66-33-10-16-56(17-11-33)32-5-6-35-36(23-32)30(3)59(49(35)63)40-7-8-46(62)54-29(40)2/h5-6,15,18,23-28,31,33,40,47H,2-4,7-14,16-17,19-22H2,1H3,(H,52,61)(H,54,62). The van der Waals surface area contributed by atoms with Crippen molar-refractivity contribution in [1.82, 2.24) is 34.7 Å². The molecule has 0 bridgehead atoms. The summed E-state index contributed by atoms with van der Waals surface area (Å²) in [5, 5.41) is 10.8. The normalized spacial score (nSPS) is 19.3. The number of nitrogens with zero attached hydrogens (tertiary/aromatic N) is 7. The molecule has 5 aromatic rings. The summed E-state index contributed by atoms with van der Waals surface area (Å²) in [7, 11) is 0. The van der Waals surface area contributed by atoms with Crippen LogP contribution in [0.3, 0.4) is 0 Å². The monoisotopic (exact) mass is 901 g/mol. The number of amides is 3. The maximum atomic E-state index is 15.5. The molecule has 10 rings (SSSR count). The molecule has 8 heterocycles. The van der Waals surface area contributed by atoms with Gasteiger partial charge in [-0.3, -0.25) is 24.0 Å². The summed E-state index contributed by atoms with van der Waals surface area (Å²) in [6.45, 7) is 14.1. The summed E-state index contributed by atoms with van der Waals surface area (Å²) in [5.74, 6) is 1.37. The Morgan fingerprint density at radius 2 is 1.80 bits per heavy atom. The van der Waals surface area contributed by atoms with Gasteiger partial charge in [0.05, 0.1) is 30.5 Å². The minimum atomic E-state index is -2.83. The lowest BCUT2D eigenvalue weighted by Crippen LogP contribution is -2.45. The SMILES string of the molecule is C=C1NC(=O)CCC1N1C(=C)c2cc(N3CCC(Oc4cn5ccnc5cc4-c4cc5c(cc4C(F)F)N(c4nn(C6CCOCC6)c(CCNC=O)c4CC)CCO5)CC3)ccc2C1=O. The van der Waals surface area contributed by atoms with Crippen molar-refractivity contribution in [2.75, 3.05) is 55.8 Å². The highest BCUT2D eigenvalue weighted by molar-refractivity contribution is 6.10. The highest BCUT2D eigenvalue weighted by atomic mass is 19.3. The van der Waals surface area contributed by atoms with E-state index in [9.17, 15) is 14.4 Å². The van der Waals surface area contributed by atoms with Crippen LogP contribution >= 0.6 is 0 Å². The zero-order chi connectivity index (χ0) is 45.6. The lowest BCUT2D eigenvalue weighted by atomic mass is 9.97. The summed E-state index contributed by atoms with van der Waals surface area (Å²) in [5.41, 5.74) is 7.13. The molecule has 3 saturated heterocycles. The number of ether oxygens (including phenoxy) is 3. The molecule has 1 atom stereocenters. The summed E-state index contributed by atoms with van der Waals surface area (Å²) < 4.78 is 53.7. The molecule has 3 fully saturated rings. The van der Waals surface area contributed by atoms with E-state index in [0.717, 1.165) is 35.3 Å². The summed E-state index contributed by atoms with van der Waals surface area (Å²) in [4.78, 5) is 47.1. The van der Waals surface area contributed by atoms with E-state index >= 15 is 8.78 Å². The van der Waals surface area contributed by atoms with Gasteiger partial charge in [0.1, 0.15) is 29.9 Å². The molecule has 344 valence electrons. The van der Waals surface area contributed by atoms with Crippen LogP contribution in [0.15, 0.2) is 73.8 Å². The number of nitrogens with one attached hydrogen (secondary N) is 2. The van der Waals surface area contributed by atoms with Crippen LogP contribution in [-0.4, -0.2) is 100 Å². The van der Waals surface area contributed by atoms with E-state index in [1.54, 1.807) is 29.4 Å². The third-order valence-electron chi connectivity index (χ3n) is 13.7. The van der Waals surface area contributed by atoms with Gasteiger partial charge in [-0.05, 0) is 67.6 Å². The number of pyridine rings is 1. The number of hydrogen-bond donors (Lipinski definition) is 2. The smallest absolute Gasteiger partial charge is 0.264 e. The van der Waals surface area contributed by atoms with Gasteiger partial charge >= 0.3 is 0 Å². The van der Waals surface area contributed by atoms with E-state index < -0.39 is 6.43 Å². The van der Waals surface area contributed by atoms with E-state index in [1.807, 2.05) is 33.7 Å². The number of halogens is 2. The predicted octanol–water partition coefficient (Wildman–Crippen LogP) is 7.13. The fraction of sp³-hybridized carbons (Fsp3) is 0.408. The number of benzene rings is 2. The summed E-state index contributed by atoms with van der Waals surface area (Å²) in [6.07, 6.45) is 7.87. The number of carbonyl (C=O) groups excluding carboxylic acids is 3. The van der Waals surface area contributed by atoms with E-state index in [4.69, 9.17) is 19.3 Å². The van der Waals surface area contributed by atoms with Crippen molar-refractivity contribution in [1.29, 1.82) is 0 Å². The van der Waals surface area contributed by atoms with Crippen LogP contribution in [-0.2, 0) is 27.2 Å². The van der Waals surface area contributed by atoms with E-state index in [-0.39, 0.29) is 35.6 Å². The van der Waals surface area contributed by atoms with E-state index in [2.05, 4.69) is 45.3 Å². The van der Waals surface area contributed by atoms with Crippen molar-refractivity contribution in [3.8, 4) is 22.6 Å². The Morgan fingerprint density at radius 1 is 0.985 bits per heavy atom. The van der Waals surface area contributed by atoms with Crippen molar-refractivity contribution >= 4 is 46.8 Å². The molecule has 5 aliphatic rings. The molecule has 0 saturated carbocycles. The highest BCUT2D eigenvalue weighted by Gasteiger charge is 2.40. The lowest BCUT2D eigenvalue weighted by Gasteiger charge is -2.34. The van der Waals surface area contributed by atoms with Crippen LogP contribution in [0, 0.1) is 0 Å². The Bertz CT molecular complexity index is 2740. The van der Waals surface area contributed by atoms with Gasteiger partial charge in [0.2, 0.25) is 12.3 Å². The van der Waals surface area contributed by atoms with Gasteiger partial charge in [0, 0.05) is 122 Å². The van der Waals surface area contributed by atoms with Gasteiger partial charge in [-0.1, -0.05) is 20.1 Å². The summed E-state index contributed by atoms with van der Waals surface area (Å²) >= 11 is 0. The first kappa shape index (κ1) is 43.2. The van der Waals surface area contributed by atoms with E-state index in [0.29, 0.717) is 148 Å². The quantitative estimate of drug-likeness (QED) is 0.0924. The van der Waals surface area contributed by atoms with Gasteiger partial charge in [-0.2, -0.15) is 5.10 Å². The Hall–Kier alpha value is -6.75. The number of aromatic nitrogens is 4. The van der Waals surface area contributed by atoms with Gasteiger partial charge in [-0.15, -0.1) is 0 Å². The molecule has 1 unspecified atom stereocenters. The van der Waals surface area contributed by atoms with Gasteiger partial charge in [0.15, 0.2) is 5.82 Å². The van der Waals surface area contributed by atoms with Crippen LogP contribution < -0.4 is 29.9 Å². The van der Waals surface area contributed by atoms with E-state index in [1.165, 1.54) is 6.07 Å². The number of alkyl halides is 2. The van der Waals surface area contributed by atoms with Gasteiger partial charge < -0.3 is 39.0 Å². The van der Waals surface area contributed by atoms with Crippen LogP contribution in [0.25, 0.3) is 22.5 Å². The molecule has 17 heteroatoms. The molecular weight excluding hydrogens is 849 g/mol. The molecule has 2 aromatic carbocycles. The van der Waals surface area contributed by atoms with Crippen LogP contribution in [0.5, 0.6) is 11.5 Å². The number of carbonyl (C=O) groups is 3. The third-order valence-corrected chi connectivity index (χ3v) is 13.7. The molecular formula is C49H53F2N9O6. The maximum absolute atomic E-state index is 15.5. The van der Waals surface area contributed by atoms with Crippen LogP contribution in [0.1, 0.15) is 90.7 Å². The van der Waals surface area contributed by atoms with Crippen molar-refractivity contribution < 1.29 is 37.4 Å². The molecule has 3 amide bonds. The fourth-order valence-corrected chi connectivity index (χ4v) is 10.3. The third kappa shape index (κ3) is 7.81. The molecule has 3 aromatic heterocycles. The number of piperidine rings is 2. The molecule has 66 heavy (non-hydrogen) atoms. The number of hydrogen-bond acceptors (Lipinski definition) is 10. The van der Waals surface area contributed by atoms with Crippen molar-refractivity contribution in [2.24, 2.45) is 0 Å². The van der Waals surface area contributed by atoms with Crippen LogP contribution in [0.4, 0.5) is 26.0 Å². The first-order valence-electron chi connectivity index (χ1n) is 22.9. The van der Waals surface area contributed by atoms with Crippen molar-refractivity contribution in [2.45, 2.75) is 82.9 Å². The second-order valence-corrected chi connectivity index (χ2v) is 17.4. The Balaban J connectivity index is 0.919. The topological polar surface area (TPSA) is 148 Å². The lowest BCUT2D eigenvalue weighted by molar-refractivity contribution is -0.121. The first-order chi connectivity index (χ1) is 32.1. The molecule has 0 radical (unpaired) electrons. The van der Waals surface area contributed by atoms with Crippen LogP contribution in [0.2, 0.25) is 0 Å². The summed E-state index contributed by atoms with van der Waals surface area (Å²) in [6, 6.07) is 10.6. The Labute approximate surface area is 381 Å². The Morgan fingerprint density at radius 3 is 2.56 bits per heavy atom.